The third-order valence-corrected chi connectivity index (χ3v) is 2.23. The number of H-pyrrole nitrogens is 2. The van der Waals surface area contributed by atoms with Crippen LogP contribution < -0.4 is 27.0 Å². The lowest BCUT2D eigenvalue weighted by molar-refractivity contribution is 0.333. The standard InChI is InChI=1S/C11H13N5O3/c12-7-2-1-3-8(6-7)19-5-4-13-9-10(17)14-11(18)16-15-9/h1-3,6H,4-5,12H2,(H,13,15)(H2,14,16,17,18). The molecule has 5 N–H and O–H groups in total. The highest BCUT2D eigenvalue weighted by Gasteiger charge is 2.01. The lowest BCUT2D eigenvalue weighted by Gasteiger charge is -2.07. The van der Waals surface area contributed by atoms with Crippen LogP contribution in [0.5, 0.6) is 5.75 Å². The van der Waals surface area contributed by atoms with Crippen molar-refractivity contribution in [2.75, 3.05) is 24.2 Å². The molecule has 0 amide bonds. The van der Waals surface area contributed by atoms with Gasteiger partial charge in [-0.15, -0.1) is 5.10 Å². The number of ether oxygens (including phenoxy) is 1. The van der Waals surface area contributed by atoms with Crippen molar-refractivity contribution in [3.63, 3.8) is 0 Å². The Morgan fingerprint density at radius 1 is 1.37 bits per heavy atom. The summed E-state index contributed by atoms with van der Waals surface area (Å²) in [5.41, 5.74) is 5.00. The predicted octanol–water partition coefficient (Wildman–Crippen LogP) is -0.469. The van der Waals surface area contributed by atoms with Crippen molar-refractivity contribution in [2.45, 2.75) is 0 Å². The maximum absolute atomic E-state index is 11.3. The summed E-state index contributed by atoms with van der Waals surface area (Å²) in [4.78, 5) is 24.1. The van der Waals surface area contributed by atoms with Crippen LogP contribution in [-0.2, 0) is 0 Å². The first-order chi connectivity index (χ1) is 9.15. The van der Waals surface area contributed by atoms with Crippen LogP contribution >= 0.6 is 0 Å². The van der Waals surface area contributed by atoms with Crippen LogP contribution in [0.25, 0.3) is 0 Å². The molecule has 0 aliphatic carbocycles. The summed E-state index contributed by atoms with van der Waals surface area (Å²) >= 11 is 0. The molecule has 1 heterocycles. The van der Waals surface area contributed by atoms with Crippen molar-refractivity contribution < 1.29 is 4.74 Å². The Bertz CT molecular complexity index is 664. The second-order valence-electron chi connectivity index (χ2n) is 3.70. The second-order valence-corrected chi connectivity index (χ2v) is 3.70. The molecule has 8 heteroatoms. The van der Waals surface area contributed by atoms with Crippen LogP contribution in [0.2, 0.25) is 0 Å². The van der Waals surface area contributed by atoms with E-state index >= 15 is 0 Å². The number of nitrogen functional groups attached to an aromatic ring is 1. The Kier molecular flexibility index (Phi) is 3.81. The molecular weight excluding hydrogens is 250 g/mol. The van der Waals surface area contributed by atoms with E-state index in [9.17, 15) is 9.59 Å². The van der Waals surface area contributed by atoms with Crippen molar-refractivity contribution in [3.8, 4) is 5.75 Å². The normalized spacial score (nSPS) is 10.1. The number of hydrogen-bond acceptors (Lipinski definition) is 6. The molecular formula is C11H13N5O3. The summed E-state index contributed by atoms with van der Waals surface area (Å²) in [6, 6.07) is 7.02. The monoisotopic (exact) mass is 263 g/mol. The third kappa shape index (κ3) is 3.60. The van der Waals surface area contributed by atoms with Crippen LogP contribution in [0.15, 0.2) is 33.9 Å². The van der Waals surface area contributed by atoms with E-state index in [2.05, 4.69) is 20.5 Å². The second kappa shape index (κ2) is 5.71. The smallest absolute Gasteiger partial charge is 0.342 e. The zero-order chi connectivity index (χ0) is 13.7. The Morgan fingerprint density at radius 2 is 2.21 bits per heavy atom. The number of aromatic nitrogens is 3. The molecule has 2 aromatic rings. The number of nitrogens with one attached hydrogen (secondary N) is 3. The molecule has 2 rings (SSSR count). The summed E-state index contributed by atoms with van der Waals surface area (Å²) in [6.07, 6.45) is 0. The van der Waals surface area contributed by atoms with Gasteiger partial charge in [-0.1, -0.05) is 6.07 Å². The molecule has 0 radical (unpaired) electrons. The van der Waals surface area contributed by atoms with Gasteiger partial charge in [-0.3, -0.25) is 9.78 Å². The van der Waals surface area contributed by atoms with Gasteiger partial charge in [0.2, 0.25) is 5.82 Å². The predicted molar refractivity (Wildman–Crippen MR) is 70.3 cm³/mol. The first-order valence-electron chi connectivity index (χ1n) is 5.56. The molecule has 0 saturated carbocycles. The van der Waals surface area contributed by atoms with E-state index in [0.717, 1.165) is 0 Å². The Labute approximate surface area is 107 Å². The van der Waals surface area contributed by atoms with Crippen LogP contribution in [0, 0.1) is 0 Å². The van der Waals surface area contributed by atoms with E-state index in [1.165, 1.54) is 0 Å². The van der Waals surface area contributed by atoms with Gasteiger partial charge >= 0.3 is 5.69 Å². The van der Waals surface area contributed by atoms with Crippen LogP contribution in [0.3, 0.4) is 0 Å². The summed E-state index contributed by atoms with van der Waals surface area (Å²) in [5, 5.41) is 8.44. The van der Waals surface area contributed by atoms with E-state index in [1.807, 2.05) is 0 Å². The Balaban J connectivity index is 1.84. The molecule has 19 heavy (non-hydrogen) atoms. The van der Waals surface area contributed by atoms with Crippen molar-refractivity contribution in [1.82, 2.24) is 15.2 Å². The zero-order valence-corrected chi connectivity index (χ0v) is 9.97. The van der Waals surface area contributed by atoms with Gasteiger partial charge in [0.1, 0.15) is 12.4 Å². The summed E-state index contributed by atoms with van der Waals surface area (Å²) in [6.45, 7) is 0.681. The van der Waals surface area contributed by atoms with Gasteiger partial charge in [-0.05, 0) is 12.1 Å². The SMILES string of the molecule is Nc1cccc(OCCNc2n[nH]c(=O)[nH]c2=O)c1. The van der Waals surface area contributed by atoms with Crippen molar-refractivity contribution in [2.24, 2.45) is 0 Å². The average Bonchev–Trinajstić information content (AvgIpc) is 2.37. The minimum atomic E-state index is -0.647. The van der Waals surface area contributed by atoms with Gasteiger partial charge in [0.05, 0.1) is 6.54 Å². The van der Waals surface area contributed by atoms with Gasteiger partial charge in [-0.2, -0.15) is 0 Å². The molecule has 0 unspecified atom stereocenters. The average molecular weight is 263 g/mol. The largest absolute Gasteiger partial charge is 0.492 e. The summed E-state index contributed by atoms with van der Waals surface area (Å²) < 4.78 is 5.42. The Hall–Kier alpha value is -2.77. The number of nitrogens with zero attached hydrogens (tertiary/aromatic N) is 1. The highest BCUT2D eigenvalue weighted by atomic mass is 16.5. The van der Waals surface area contributed by atoms with E-state index in [4.69, 9.17) is 10.5 Å². The maximum Gasteiger partial charge on any atom is 0.342 e. The summed E-state index contributed by atoms with van der Waals surface area (Å²) in [5.74, 6) is 0.681. The highest BCUT2D eigenvalue weighted by molar-refractivity contribution is 5.43. The lowest BCUT2D eigenvalue weighted by Crippen LogP contribution is -2.28. The van der Waals surface area contributed by atoms with E-state index in [0.29, 0.717) is 24.6 Å². The molecule has 1 aromatic carbocycles. The van der Waals surface area contributed by atoms with Crippen LogP contribution in [0.4, 0.5) is 11.5 Å². The molecule has 1 aromatic heterocycles. The first kappa shape index (κ1) is 12.7. The molecule has 0 aliphatic heterocycles. The molecule has 0 aliphatic rings. The fourth-order valence-electron chi connectivity index (χ4n) is 1.41. The molecule has 0 spiro atoms. The molecule has 0 atom stereocenters. The molecule has 100 valence electrons. The third-order valence-electron chi connectivity index (χ3n) is 2.23. The number of anilines is 2. The summed E-state index contributed by atoms with van der Waals surface area (Å²) in [7, 11) is 0. The lowest BCUT2D eigenvalue weighted by atomic mass is 10.3. The van der Waals surface area contributed by atoms with Gasteiger partial charge in [0.15, 0.2) is 0 Å². The highest BCUT2D eigenvalue weighted by Crippen LogP contribution is 2.13. The van der Waals surface area contributed by atoms with Crippen LogP contribution in [0.1, 0.15) is 0 Å². The van der Waals surface area contributed by atoms with E-state index in [1.54, 1.807) is 24.3 Å². The number of benzene rings is 1. The van der Waals surface area contributed by atoms with Gasteiger partial charge in [0, 0.05) is 11.8 Å². The molecule has 0 saturated heterocycles. The van der Waals surface area contributed by atoms with Crippen LogP contribution in [-0.4, -0.2) is 28.3 Å². The number of aromatic amines is 2. The van der Waals surface area contributed by atoms with Gasteiger partial charge in [0.25, 0.3) is 5.56 Å². The molecule has 0 fully saturated rings. The first-order valence-corrected chi connectivity index (χ1v) is 5.56. The Morgan fingerprint density at radius 3 is 2.95 bits per heavy atom. The minimum Gasteiger partial charge on any atom is -0.492 e. The van der Waals surface area contributed by atoms with Crippen molar-refractivity contribution >= 4 is 11.5 Å². The zero-order valence-electron chi connectivity index (χ0n) is 9.97. The topological polar surface area (TPSA) is 126 Å². The molecule has 0 bridgehead atoms. The fraction of sp³-hybridized carbons (Fsp3) is 0.182. The van der Waals surface area contributed by atoms with E-state index in [-0.39, 0.29) is 5.82 Å². The van der Waals surface area contributed by atoms with Crippen molar-refractivity contribution in [1.29, 1.82) is 0 Å². The number of nitrogens with two attached hydrogens (primary N) is 1. The maximum atomic E-state index is 11.3. The minimum absolute atomic E-state index is 0.0378. The quantitative estimate of drug-likeness (QED) is 0.427. The molecule has 8 nitrogen and oxygen atoms in total. The van der Waals surface area contributed by atoms with Gasteiger partial charge in [-0.25, -0.2) is 9.89 Å². The van der Waals surface area contributed by atoms with E-state index < -0.39 is 11.2 Å². The van der Waals surface area contributed by atoms with Gasteiger partial charge < -0.3 is 15.8 Å². The number of rotatable bonds is 5. The van der Waals surface area contributed by atoms with Crippen molar-refractivity contribution in [3.05, 3.63) is 45.1 Å². The number of hydrogen-bond donors (Lipinski definition) is 4. The fourth-order valence-corrected chi connectivity index (χ4v) is 1.41.